The molecule has 5 heteroatoms. The fourth-order valence-corrected chi connectivity index (χ4v) is 3.03. The predicted molar refractivity (Wildman–Crippen MR) is 94.9 cm³/mol. The zero-order chi connectivity index (χ0) is 17.5. The highest BCUT2D eigenvalue weighted by atomic mass is 16.1. The van der Waals surface area contributed by atoms with E-state index < -0.39 is 0 Å². The number of likely N-dealkylation sites (tertiary alicyclic amines) is 1. The van der Waals surface area contributed by atoms with Crippen molar-refractivity contribution in [3.05, 3.63) is 47.0 Å². The van der Waals surface area contributed by atoms with E-state index in [0.29, 0.717) is 6.54 Å². The van der Waals surface area contributed by atoms with E-state index in [1.165, 1.54) is 5.56 Å². The number of piperidine rings is 1. The van der Waals surface area contributed by atoms with Gasteiger partial charge in [0, 0.05) is 25.7 Å². The minimum atomic E-state index is -0.199. The molecule has 2 rings (SSSR count). The van der Waals surface area contributed by atoms with E-state index in [1.807, 2.05) is 26.0 Å². The second-order valence-corrected chi connectivity index (χ2v) is 6.74. The van der Waals surface area contributed by atoms with Crippen molar-refractivity contribution < 1.29 is 9.59 Å². The summed E-state index contributed by atoms with van der Waals surface area (Å²) in [6.07, 6.45) is 3.50. The Morgan fingerprint density at radius 2 is 2.08 bits per heavy atom. The number of hydrogen-bond donors (Lipinski definition) is 2. The third-order valence-electron chi connectivity index (χ3n) is 4.19. The zero-order valence-corrected chi connectivity index (χ0v) is 14.5. The van der Waals surface area contributed by atoms with Crippen LogP contribution in [0.4, 0.5) is 0 Å². The number of rotatable bonds is 6. The van der Waals surface area contributed by atoms with Gasteiger partial charge in [0.1, 0.15) is 0 Å². The van der Waals surface area contributed by atoms with Crippen molar-refractivity contribution in [1.29, 1.82) is 0 Å². The lowest BCUT2D eigenvalue weighted by atomic mass is 9.97. The van der Waals surface area contributed by atoms with E-state index in [2.05, 4.69) is 22.3 Å². The third kappa shape index (κ3) is 5.81. The Balaban J connectivity index is 1.91. The Labute approximate surface area is 143 Å². The molecule has 5 nitrogen and oxygen atoms in total. The van der Waals surface area contributed by atoms with Gasteiger partial charge in [0.25, 0.3) is 0 Å². The lowest BCUT2D eigenvalue weighted by Gasteiger charge is -2.31. The molecular formula is C19H27N3O2. The van der Waals surface area contributed by atoms with E-state index in [0.717, 1.165) is 43.6 Å². The van der Waals surface area contributed by atoms with E-state index in [9.17, 15) is 9.59 Å². The molecular weight excluding hydrogens is 302 g/mol. The van der Waals surface area contributed by atoms with Crippen LogP contribution in [0.3, 0.4) is 0 Å². The Bertz CT molecular complexity index is 621. The van der Waals surface area contributed by atoms with Crippen LogP contribution < -0.4 is 11.1 Å². The SMILES string of the molecule is CC(C)=CC(=O)NCc1cccc(CN2CCCC(C(N)=O)C2)c1. The smallest absolute Gasteiger partial charge is 0.244 e. The first kappa shape index (κ1) is 18.2. The molecule has 130 valence electrons. The summed E-state index contributed by atoms with van der Waals surface area (Å²) in [5, 5.41) is 2.89. The third-order valence-corrected chi connectivity index (χ3v) is 4.19. The molecule has 1 aromatic rings. The topological polar surface area (TPSA) is 75.4 Å². The lowest BCUT2D eigenvalue weighted by Crippen LogP contribution is -2.40. The van der Waals surface area contributed by atoms with Gasteiger partial charge in [0.05, 0.1) is 5.92 Å². The largest absolute Gasteiger partial charge is 0.369 e. The van der Waals surface area contributed by atoms with E-state index in [1.54, 1.807) is 6.08 Å². The minimum absolute atomic E-state index is 0.0368. The van der Waals surface area contributed by atoms with Crippen molar-refractivity contribution in [1.82, 2.24) is 10.2 Å². The van der Waals surface area contributed by atoms with Gasteiger partial charge in [-0.2, -0.15) is 0 Å². The molecule has 1 aliphatic heterocycles. The van der Waals surface area contributed by atoms with E-state index >= 15 is 0 Å². The van der Waals surface area contributed by atoms with Crippen LogP contribution in [0, 0.1) is 5.92 Å². The number of allylic oxidation sites excluding steroid dienone is 1. The van der Waals surface area contributed by atoms with Crippen LogP contribution in [0.25, 0.3) is 0 Å². The molecule has 0 radical (unpaired) electrons. The maximum atomic E-state index is 11.7. The van der Waals surface area contributed by atoms with Crippen LogP contribution >= 0.6 is 0 Å². The molecule has 0 aliphatic carbocycles. The average Bonchev–Trinajstić information content (AvgIpc) is 2.53. The fraction of sp³-hybridized carbons (Fsp3) is 0.474. The van der Waals surface area contributed by atoms with Gasteiger partial charge in [-0.3, -0.25) is 14.5 Å². The lowest BCUT2D eigenvalue weighted by molar-refractivity contribution is -0.123. The van der Waals surface area contributed by atoms with E-state index in [-0.39, 0.29) is 17.7 Å². The Morgan fingerprint density at radius 1 is 1.33 bits per heavy atom. The first-order chi connectivity index (χ1) is 11.4. The maximum Gasteiger partial charge on any atom is 0.244 e. The van der Waals surface area contributed by atoms with Crippen molar-refractivity contribution in [2.45, 2.75) is 39.8 Å². The number of primary amides is 1. The second-order valence-electron chi connectivity index (χ2n) is 6.74. The van der Waals surface area contributed by atoms with Crippen molar-refractivity contribution >= 4 is 11.8 Å². The molecule has 24 heavy (non-hydrogen) atoms. The number of nitrogens with zero attached hydrogens (tertiary/aromatic N) is 1. The van der Waals surface area contributed by atoms with Gasteiger partial charge < -0.3 is 11.1 Å². The fourth-order valence-electron chi connectivity index (χ4n) is 3.03. The summed E-state index contributed by atoms with van der Waals surface area (Å²) in [5.74, 6) is -0.304. The summed E-state index contributed by atoms with van der Waals surface area (Å²) in [7, 11) is 0. The van der Waals surface area contributed by atoms with Crippen LogP contribution in [-0.4, -0.2) is 29.8 Å². The van der Waals surface area contributed by atoms with Gasteiger partial charge in [-0.15, -0.1) is 0 Å². The van der Waals surface area contributed by atoms with Crippen LogP contribution in [-0.2, 0) is 22.7 Å². The first-order valence-corrected chi connectivity index (χ1v) is 8.46. The molecule has 3 N–H and O–H groups in total. The van der Waals surface area contributed by atoms with Crippen LogP contribution in [0.15, 0.2) is 35.9 Å². The molecule has 1 aromatic carbocycles. The molecule has 1 heterocycles. The average molecular weight is 329 g/mol. The summed E-state index contributed by atoms with van der Waals surface area (Å²) in [6.45, 7) is 6.85. The Kier molecular flexibility index (Phi) is 6.55. The van der Waals surface area contributed by atoms with Crippen molar-refractivity contribution in [3.8, 4) is 0 Å². The van der Waals surface area contributed by atoms with Gasteiger partial charge in [-0.05, 0) is 44.4 Å². The highest BCUT2D eigenvalue weighted by molar-refractivity contribution is 5.87. The number of carbonyl (C=O) groups excluding carboxylic acids is 2. The molecule has 0 bridgehead atoms. The van der Waals surface area contributed by atoms with E-state index in [4.69, 9.17) is 5.73 Å². The standard InChI is InChI=1S/C19H27N3O2/c1-14(2)9-18(23)21-11-15-5-3-6-16(10-15)12-22-8-4-7-17(13-22)19(20)24/h3,5-6,9-10,17H,4,7-8,11-13H2,1-2H3,(H2,20,24)(H,21,23). The predicted octanol–water partition coefficient (Wildman–Crippen LogP) is 1.97. The van der Waals surface area contributed by atoms with Gasteiger partial charge in [0.15, 0.2) is 0 Å². The molecule has 1 unspecified atom stereocenters. The summed E-state index contributed by atoms with van der Waals surface area (Å²) >= 11 is 0. The summed E-state index contributed by atoms with van der Waals surface area (Å²) < 4.78 is 0. The number of benzene rings is 1. The molecule has 1 saturated heterocycles. The number of amides is 2. The monoisotopic (exact) mass is 329 g/mol. The molecule has 2 amide bonds. The molecule has 1 fully saturated rings. The van der Waals surface area contributed by atoms with Crippen LogP contribution in [0.1, 0.15) is 37.8 Å². The maximum absolute atomic E-state index is 11.7. The summed E-state index contributed by atoms with van der Waals surface area (Å²) in [5.41, 5.74) is 8.68. The Morgan fingerprint density at radius 3 is 2.79 bits per heavy atom. The molecule has 1 atom stereocenters. The molecule has 0 spiro atoms. The van der Waals surface area contributed by atoms with Crippen LogP contribution in [0.2, 0.25) is 0 Å². The van der Waals surface area contributed by atoms with Crippen molar-refractivity contribution in [2.24, 2.45) is 11.7 Å². The zero-order valence-electron chi connectivity index (χ0n) is 14.5. The number of carbonyl (C=O) groups is 2. The van der Waals surface area contributed by atoms with Gasteiger partial charge in [0.2, 0.25) is 11.8 Å². The summed E-state index contributed by atoms with van der Waals surface area (Å²) in [6, 6.07) is 8.20. The molecule has 0 aromatic heterocycles. The molecule has 1 aliphatic rings. The van der Waals surface area contributed by atoms with Gasteiger partial charge in [-0.25, -0.2) is 0 Å². The molecule has 0 saturated carbocycles. The van der Waals surface area contributed by atoms with Crippen molar-refractivity contribution in [2.75, 3.05) is 13.1 Å². The van der Waals surface area contributed by atoms with Crippen molar-refractivity contribution in [3.63, 3.8) is 0 Å². The minimum Gasteiger partial charge on any atom is -0.369 e. The van der Waals surface area contributed by atoms with Gasteiger partial charge >= 0.3 is 0 Å². The van der Waals surface area contributed by atoms with Gasteiger partial charge in [-0.1, -0.05) is 29.8 Å². The van der Waals surface area contributed by atoms with Crippen LogP contribution in [0.5, 0.6) is 0 Å². The first-order valence-electron chi connectivity index (χ1n) is 8.46. The normalized spacial score (nSPS) is 18.0. The highest BCUT2D eigenvalue weighted by Gasteiger charge is 2.23. The number of nitrogens with two attached hydrogens (primary N) is 1. The Hall–Kier alpha value is -2.14. The highest BCUT2D eigenvalue weighted by Crippen LogP contribution is 2.18. The number of hydrogen-bond acceptors (Lipinski definition) is 3. The number of nitrogens with one attached hydrogen (secondary N) is 1. The summed E-state index contributed by atoms with van der Waals surface area (Å²) in [4.78, 5) is 25.3. The second kappa shape index (κ2) is 8.64. The quantitative estimate of drug-likeness (QED) is 0.784.